The molecule has 34 heavy (non-hydrogen) atoms. The summed E-state index contributed by atoms with van der Waals surface area (Å²) in [5.41, 5.74) is 1.76. The molecule has 0 saturated heterocycles. The molecule has 8 nitrogen and oxygen atoms in total. The van der Waals surface area contributed by atoms with Gasteiger partial charge in [-0.3, -0.25) is 19.3 Å². The van der Waals surface area contributed by atoms with Crippen LogP contribution in [0.25, 0.3) is 22.4 Å². The van der Waals surface area contributed by atoms with Gasteiger partial charge >= 0.3 is 5.63 Å². The average Bonchev–Trinajstić information content (AvgIpc) is 3.09. The number of nitrogens with one attached hydrogen (secondary N) is 1. The first-order valence-corrected chi connectivity index (χ1v) is 10.8. The highest BCUT2D eigenvalue weighted by molar-refractivity contribution is 6.22. The van der Waals surface area contributed by atoms with Crippen LogP contribution in [0.2, 0.25) is 0 Å². The number of anilines is 1. The van der Waals surface area contributed by atoms with Crippen LogP contribution < -0.4 is 10.9 Å². The summed E-state index contributed by atoms with van der Waals surface area (Å²) in [6, 6.07) is 18.1. The van der Waals surface area contributed by atoms with Crippen LogP contribution in [-0.2, 0) is 0 Å². The largest absolute Gasteiger partial charge is 0.403 e. The second-order valence-corrected chi connectivity index (χ2v) is 7.88. The van der Waals surface area contributed by atoms with E-state index in [4.69, 9.17) is 4.42 Å². The molecule has 1 aliphatic rings. The van der Waals surface area contributed by atoms with Gasteiger partial charge in [0.1, 0.15) is 0 Å². The maximum absolute atomic E-state index is 12.9. The van der Waals surface area contributed by atoms with E-state index in [0.717, 1.165) is 0 Å². The number of imide groups is 1. The molecule has 0 saturated carbocycles. The summed E-state index contributed by atoms with van der Waals surface area (Å²) < 4.78 is 5.37. The lowest BCUT2D eigenvalue weighted by atomic mass is 10.1. The number of benzene rings is 3. The van der Waals surface area contributed by atoms with Gasteiger partial charge in [-0.2, -0.15) is 0 Å². The molecule has 0 unspecified atom stereocenters. The van der Waals surface area contributed by atoms with Crippen LogP contribution in [-0.4, -0.2) is 34.2 Å². The van der Waals surface area contributed by atoms with E-state index in [9.17, 15) is 19.2 Å². The molecule has 0 spiro atoms. The zero-order valence-electron chi connectivity index (χ0n) is 18.2. The van der Waals surface area contributed by atoms with Gasteiger partial charge in [0, 0.05) is 23.4 Å². The van der Waals surface area contributed by atoms with Gasteiger partial charge in [-0.05, 0) is 55.0 Å². The molecule has 1 N–H and O–H groups in total. The van der Waals surface area contributed by atoms with Crippen LogP contribution in [0, 0.1) is 0 Å². The van der Waals surface area contributed by atoms with E-state index in [2.05, 4.69) is 10.3 Å². The summed E-state index contributed by atoms with van der Waals surface area (Å²) in [6.45, 7) is 2.22. The molecule has 3 amide bonds. The third-order valence-electron chi connectivity index (χ3n) is 5.58. The zero-order chi connectivity index (χ0) is 23.8. The van der Waals surface area contributed by atoms with Gasteiger partial charge in [0.05, 0.1) is 22.0 Å². The Morgan fingerprint density at radius 1 is 0.941 bits per heavy atom. The topological polar surface area (TPSA) is 110 Å². The molecule has 0 atom stereocenters. The lowest BCUT2D eigenvalue weighted by Gasteiger charge is -2.11. The predicted molar refractivity (Wildman–Crippen MR) is 126 cm³/mol. The summed E-state index contributed by atoms with van der Waals surface area (Å²) in [7, 11) is 0. The molecule has 5 rings (SSSR count). The number of carbonyl (C=O) groups is 3. The molecule has 2 heterocycles. The number of rotatable bonds is 5. The summed E-state index contributed by atoms with van der Waals surface area (Å²) in [4.78, 5) is 55.8. The number of nitrogens with zero attached hydrogens (tertiary/aromatic N) is 2. The van der Waals surface area contributed by atoms with E-state index in [1.165, 1.54) is 23.1 Å². The lowest BCUT2D eigenvalue weighted by molar-refractivity contribution is 0.0654. The molecule has 4 aromatic rings. The molecule has 168 valence electrons. The van der Waals surface area contributed by atoms with E-state index in [-0.39, 0.29) is 22.9 Å². The minimum Gasteiger partial charge on any atom is -0.403 e. The van der Waals surface area contributed by atoms with Crippen LogP contribution in [0.3, 0.4) is 0 Å². The molecule has 0 bridgehead atoms. The van der Waals surface area contributed by atoms with Crippen LogP contribution >= 0.6 is 0 Å². The summed E-state index contributed by atoms with van der Waals surface area (Å²) >= 11 is 0. The Labute approximate surface area is 193 Å². The second kappa shape index (κ2) is 8.40. The number of para-hydroxylation sites is 1. The maximum Gasteiger partial charge on any atom is 0.347 e. The van der Waals surface area contributed by atoms with Crippen molar-refractivity contribution in [1.29, 1.82) is 0 Å². The summed E-state index contributed by atoms with van der Waals surface area (Å²) in [5.74, 6) is -1.04. The molecular weight excluding hydrogens is 434 g/mol. The minimum absolute atomic E-state index is 0.137. The van der Waals surface area contributed by atoms with E-state index in [1.54, 1.807) is 48.5 Å². The Morgan fingerprint density at radius 3 is 2.56 bits per heavy atom. The van der Waals surface area contributed by atoms with Crippen molar-refractivity contribution in [1.82, 2.24) is 9.88 Å². The van der Waals surface area contributed by atoms with Crippen molar-refractivity contribution in [3.8, 4) is 11.5 Å². The molecule has 1 aliphatic heterocycles. The number of hydrogen-bond donors (Lipinski definition) is 1. The quantitative estimate of drug-likeness (QED) is 0.456. The molecule has 1 aromatic heterocycles. The van der Waals surface area contributed by atoms with Crippen molar-refractivity contribution in [2.75, 3.05) is 11.9 Å². The van der Waals surface area contributed by atoms with Gasteiger partial charge in [-0.25, -0.2) is 9.78 Å². The summed E-state index contributed by atoms with van der Waals surface area (Å²) in [5, 5.41) is 3.16. The second-order valence-electron chi connectivity index (χ2n) is 7.88. The van der Waals surface area contributed by atoms with Gasteiger partial charge in [0.2, 0.25) is 5.89 Å². The fourth-order valence-corrected chi connectivity index (χ4v) is 3.93. The van der Waals surface area contributed by atoms with Gasteiger partial charge in [0.25, 0.3) is 17.7 Å². The number of aromatic nitrogens is 1. The Kier molecular flexibility index (Phi) is 5.25. The standard InChI is InChI=1S/C26H19N3O5/c1-2-12-29-24(31)18-11-10-15(14-20(18)25(29)32)22(30)27-17-7-5-6-16(13-17)23-28-21-9-4-3-8-19(21)26(33)34-23/h3-11,13-14H,2,12H2,1H3,(H,27,30). The van der Waals surface area contributed by atoms with Crippen molar-refractivity contribution < 1.29 is 18.8 Å². The fourth-order valence-electron chi connectivity index (χ4n) is 3.93. The van der Waals surface area contributed by atoms with Crippen molar-refractivity contribution in [2.24, 2.45) is 0 Å². The van der Waals surface area contributed by atoms with E-state index < -0.39 is 17.4 Å². The van der Waals surface area contributed by atoms with E-state index in [0.29, 0.717) is 40.7 Å². The van der Waals surface area contributed by atoms with E-state index in [1.807, 2.05) is 6.92 Å². The predicted octanol–water partition coefficient (Wildman–Crippen LogP) is 4.11. The Hall–Kier alpha value is -4.59. The van der Waals surface area contributed by atoms with Crippen LogP contribution in [0.15, 0.2) is 75.9 Å². The Bertz CT molecular complexity index is 1540. The van der Waals surface area contributed by atoms with Crippen LogP contribution in [0.5, 0.6) is 0 Å². The minimum atomic E-state index is -0.496. The molecule has 0 radical (unpaired) electrons. The highest BCUT2D eigenvalue weighted by Crippen LogP contribution is 2.26. The molecule has 8 heteroatoms. The normalized spacial score (nSPS) is 12.8. The lowest BCUT2D eigenvalue weighted by Crippen LogP contribution is -2.30. The summed E-state index contributed by atoms with van der Waals surface area (Å²) in [6.07, 6.45) is 0.654. The molecule has 3 aromatic carbocycles. The Morgan fingerprint density at radius 2 is 1.74 bits per heavy atom. The maximum atomic E-state index is 12.9. The van der Waals surface area contributed by atoms with Crippen molar-refractivity contribution >= 4 is 34.3 Å². The SMILES string of the molecule is CCCN1C(=O)c2ccc(C(=O)Nc3cccc(-c4nc5ccccc5c(=O)o4)c3)cc2C1=O. The first-order chi connectivity index (χ1) is 16.5. The third-order valence-corrected chi connectivity index (χ3v) is 5.58. The monoisotopic (exact) mass is 453 g/mol. The van der Waals surface area contributed by atoms with Gasteiger partial charge in [-0.1, -0.05) is 25.1 Å². The van der Waals surface area contributed by atoms with Gasteiger partial charge < -0.3 is 9.73 Å². The Balaban J connectivity index is 1.41. The number of fused-ring (bicyclic) bond motifs is 2. The molecule has 0 fully saturated rings. The zero-order valence-corrected chi connectivity index (χ0v) is 18.2. The number of carbonyl (C=O) groups excluding carboxylic acids is 3. The van der Waals surface area contributed by atoms with E-state index >= 15 is 0 Å². The first-order valence-electron chi connectivity index (χ1n) is 10.8. The van der Waals surface area contributed by atoms with Crippen molar-refractivity contribution in [3.05, 3.63) is 93.8 Å². The van der Waals surface area contributed by atoms with Crippen LogP contribution in [0.4, 0.5) is 5.69 Å². The van der Waals surface area contributed by atoms with Crippen LogP contribution in [0.1, 0.15) is 44.4 Å². The average molecular weight is 453 g/mol. The number of amides is 3. The number of hydrogen-bond acceptors (Lipinski definition) is 6. The first kappa shape index (κ1) is 21.3. The smallest absolute Gasteiger partial charge is 0.347 e. The molecule has 0 aliphatic carbocycles. The van der Waals surface area contributed by atoms with Gasteiger partial charge in [-0.15, -0.1) is 0 Å². The third kappa shape index (κ3) is 3.65. The molecular formula is C26H19N3O5. The highest BCUT2D eigenvalue weighted by atomic mass is 16.4. The highest BCUT2D eigenvalue weighted by Gasteiger charge is 2.35. The van der Waals surface area contributed by atoms with Gasteiger partial charge in [0.15, 0.2) is 0 Å². The van der Waals surface area contributed by atoms with Crippen molar-refractivity contribution in [3.63, 3.8) is 0 Å². The fraction of sp³-hybridized carbons (Fsp3) is 0.115. The van der Waals surface area contributed by atoms with Crippen molar-refractivity contribution in [2.45, 2.75) is 13.3 Å².